The minimum Gasteiger partial charge on any atom is -0.454 e. The fraction of sp³-hybridized carbons (Fsp3) is 0.643. The van der Waals surface area contributed by atoms with Crippen molar-refractivity contribution in [1.82, 2.24) is 5.32 Å². The smallest absolute Gasteiger partial charge is 0.188 e. The van der Waals surface area contributed by atoms with Gasteiger partial charge in [-0.1, -0.05) is 25.7 Å². The van der Waals surface area contributed by atoms with Crippen LogP contribution in [0.3, 0.4) is 0 Å². The Kier molecular flexibility index (Phi) is 8.60. The summed E-state index contributed by atoms with van der Waals surface area (Å²) >= 11 is 3.29. The van der Waals surface area contributed by atoms with Gasteiger partial charge < -0.3 is 15.5 Å². The highest BCUT2D eigenvalue weighted by Gasteiger charge is 2.12. The summed E-state index contributed by atoms with van der Waals surface area (Å²) in [6, 6.07) is 4.35. The molecule has 0 bridgehead atoms. The van der Waals surface area contributed by atoms with E-state index in [9.17, 15) is 0 Å². The molecule has 0 aliphatic heterocycles. The van der Waals surface area contributed by atoms with Gasteiger partial charge in [0, 0.05) is 19.0 Å². The molecular weight excluding hydrogens is 433 g/mol. The Morgan fingerprint density at radius 1 is 1.30 bits per heavy atom. The molecule has 2 rings (SSSR count). The molecule has 4 nitrogen and oxygen atoms in total. The van der Waals surface area contributed by atoms with Gasteiger partial charge in [-0.3, -0.25) is 4.99 Å². The van der Waals surface area contributed by atoms with E-state index < -0.39 is 0 Å². The van der Waals surface area contributed by atoms with Crippen molar-refractivity contribution in [2.24, 2.45) is 10.7 Å². The van der Waals surface area contributed by atoms with Gasteiger partial charge in [-0.2, -0.15) is 0 Å². The molecular formula is C14H23BrIN3O. The zero-order chi connectivity index (χ0) is 13.5. The fourth-order valence-corrected chi connectivity index (χ4v) is 2.79. The third-order valence-corrected chi connectivity index (χ3v) is 3.90. The first-order valence-corrected chi connectivity index (χ1v) is 7.84. The van der Waals surface area contributed by atoms with Crippen molar-refractivity contribution in [2.75, 3.05) is 6.54 Å². The lowest BCUT2D eigenvalue weighted by molar-refractivity contribution is 0.488. The van der Waals surface area contributed by atoms with Gasteiger partial charge in [-0.25, -0.2) is 0 Å². The second-order valence-corrected chi connectivity index (χ2v) is 5.84. The number of nitrogens with zero attached hydrogens (tertiary/aromatic N) is 1. The number of hydrogen-bond donors (Lipinski definition) is 2. The molecule has 1 heterocycles. The van der Waals surface area contributed by atoms with Crippen LogP contribution in [0.25, 0.3) is 0 Å². The van der Waals surface area contributed by atoms with Crippen LogP contribution in [-0.2, 0) is 6.42 Å². The van der Waals surface area contributed by atoms with Gasteiger partial charge in [-0.05, 0) is 40.9 Å². The van der Waals surface area contributed by atoms with Crippen molar-refractivity contribution < 1.29 is 4.42 Å². The van der Waals surface area contributed by atoms with E-state index in [1.165, 1.54) is 38.5 Å². The maximum absolute atomic E-state index is 5.92. The van der Waals surface area contributed by atoms with Crippen LogP contribution in [0, 0.1) is 0 Å². The molecule has 20 heavy (non-hydrogen) atoms. The van der Waals surface area contributed by atoms with Crippen LogP contribution in [0.5, 0.6) is 0 Å². The van der Waals surface area contributed by atoms with Crippen LogP contribution < -0.4 is 11.1 Å². The molecule has 0 aromatic carbocycles. The molecule has 0 spiro atoms. The highest BCUT2D eigenvalue weighted by atomic mass is 127. The zero-order valence-electron chi connectivity index (χ0n) is 11.6. The van der Waals surface area contributed by atoms with Gasteiger partial charge in [-0.15, -0.1) is 24.0 Å². The van der Waals surface area contributed by atoms with Gasteiger partial charge in [0.05, 0.1) is 0 Å². The van der Waals surface area contributed by atoms with Crippen molar-refractivity contribution in [3.05, 3.63) is 22.6 Å². The van der Waals surface area contributed by atoms with Crippen molar-refractivity contribution in [2.45, 2.75) is 51.0 Å². The average Bonchev–Trinajstić information content (AvgIpc) is 2.63. The van der Waals surface area contributed by atoms with E-state index in [4.69, 9.17) is 10.2 Å². The molecule has 1 aromatic rings. The van der Waals surface area contributed by atoms with Crippen molar-refractivity contribution in [1.29, 1.82) is 0 Å². The first kappa shape index (κ1) is 17.8. The number of guanidine groups is 1. The Labute approximate surface area is 146 Å². The predicted molar refractivity (Wildman–Crippen MR) is 96.6 cm³/mol. The number of hydrogen-bond acceptors (Lipinski definition) is 2. The van der Waals surface area contributed by atoms with E-state index >= 15 is 0 Å². The second kappa shape index (κ2) is 9.65. The van der Waals surface area contributed by atoms with E-state index in [0.717, 1.165) is 16.9 Å². The predicted octanol–water partition coefficient (Wildman–Crippen LogP) is 3.83. The first-order valence-electron chi connectivity index (χ1n) is 7.05. The quantitative estimate of drug-likeness (QED) is 0.314. The molecule has 0 saturated heterocycles. The molecule has 0 radical (unpaired) electrons. The highest BCUT2D eigenvalue weighted by Crippen LogP contribution is 2.17. The molecule has 6 heteroatoms. The second-order valence-electron chi connectivity index (χ2n) is 5.06. The SMILES string of the molecule is I.NC(=NCCc1ccc(Br)o1)NC1CCCCCC1. The van der Waals surface area contributed by atoms with Crippen LogP contribution in [0.1, 0.15) is 44.3 Å². The Balaban J connectivity index is 0.00000200. The van der Waals surface area contributed by atoms with Gasteiger partial charge in [0.2, 0.25) is 0 Å². The van der Waals surface area contributed by atoms with E-state index in [2.05, 4.69) is 26.2 Å². The van der Waals surface area contributed by atoms with Crippen molar-refractivity contribution >= 4 is 45.9 Å². The summed E-state index contributed by atoms with van der Waals surface area (Å²) in [7, 11) is 0. The van der Waals surface area contributed by atoms with Crippen molar-refractivity contribution in [3.63, 3.8) is 0 Å². The summed E-state index contributed by atoms with van der Waals surface area (Å²) in [5.74, 6) is 1.50. The van der Waals surface area contributed by atoms with Crippen LogP contribution in [0.4, 0.5) is 0 Å². The highest BCUT2D eigenvalue weighted by molar-refractivity contribution is 14.0. The normalized spacial score (nSPS) is 17.4. The Morgan fingerprint density at radius 2 is 2.00 bits per heavy atom. The summed E-state index contributed by atoms with van der Waals surface area (Å²) < 4.78 is 6.18. The molecule has 1 fully saturated rings. The molecule has 1 saturated carbocycles. The molecule has 1 aliphatic carbocycles. The standard InChI is InChI=1S/C14H22BrN3O.HI/c15-13-8-7-12(19-13)9-10-17-14(16)18-11-5-3-1-2-4-6-11;/h7-8,11H,1-6,9-10H2,(H3,16,17,18);1H. The number of nitrogens with two attached hydrogens (primary N) is 1. The van der Waals surface area contributed by atoms with Crippen LogP contribution in [0.15, 0.2) is 26.2 Å². The van der Waals surface area contributed by atoms with Crippen molar-refractivity contribution in [3.8, 4) is 0 Å². The van der Waals surface area contributed by atoms with Crippen LogP contribution in [0.2, 0.25) is 0 Å². The number of furan rings is 1. The average molecular weight is 456 g/mol. The molecule has 114 valence electrons. The van der Waals surface area contributed by atoms with E-state index in [1.54, 1.807) is 0 Å². The number of rotatable bonds is 4. The summed E-state index contributed by atoms with van der Waals surface area (Å²) in [6.45, 7) is 0.658. The lowest BCUT2D eigenvalue weighted by Crippen LogP contribution is -2.40. The molecule has 0 unspecified atom stereocenters. The molecule has 0 amide bonds. The monoisotopic (exact) mass is 455 g/mol. The fourth-order valence-electron chi connectivity index (χ4n) is 2.45. The van der Waals surface area contributed by atoms with Gasteiger partial charge in [0.25, 0.3) is 0 Å². The lowest BCUT2D eigenvalue weighted by Gasteiger charge is -2.16. The number of aliphatic imine (C=N–C) groups is 1. The van der Waals surface area contributed by atoms with E-state index in [1.807, 2.05) is 12.1 Å². The largest absolute Gasteiger partial charge is 0.454 e. The topological polar surface area (TPSA) is 63.5 Å². The Hall–Kier alpha value is -0.240. The third kappa shape index (κ3) is 6.47. The molecule has 3 N–H and O–H groups in total. The van der Waals surface area contributed by atoms with Crippen LogP contribution >= 0.6 is 39.9 Å². The summed E-state index contributed by atoms with van der Waals surface area (Å²) in [4.78, 5) is 4.36. The zero-order valence-corrected chi connectivity index (χ0v) is 15.5. The van der Waals surface area contributed by atoms with E-state index in [0.29, 0.717) is 18.5 Å². The third-order valence-electron chi connectivity index (χ3n) is 3.48. The number of halogens is 2. The summed E-state index contributed by atoms with van der Waals surface area (Å²) in [6.07, 6.45) is 8.49. The Morgan fingerprint density at radius 3 is 2.60 bits per heavy atom. The minimum atomic E-state index is 0. The molecule has 1 aliphatic rings. The lowest BCUT2D eigenvalue weighted by atomic mass is 10.1. The summed E-state index contributed by atoms with van der Waals surface area (Å²) in [5, 5.41) is 3.34. The maximum atomic E-state index is 5.92. The first-order chi connectivity index (χ1) is 9.24. The molecule has 0 atom stereocenters. The van der Waals surface area contributed by atoms with Gasteiger partial charge in [0.1, 0.15) is 5.76 Å². The maximum Gasteiger partial charge on any atom is 0.188 e. The summed E-state index contributed by atoms with van der Waals surface area (Å²) in [5.41, 5.74) is 5.92. The Bertz CT molecular complexity index is 414. The van der Waals surface area contributed by atoms with Crippen LogP contribution in [-0.4, -0.2) is 18.5 Å². The van der Waals surface area contributed by atoms with Gasteiger partial charge >= 0.3 is 0 Å². The number of nitrogens with one attached hydrogen (secondary N) is 1. The minimum absolute atomic E-state index is 0. The molecule has 1 aromatic heterocycles. The van der Waals surface area contributed by atoms with E-state index in [-0.39, 0.29) is 24.0 Å². The van der Waals surface area contributed by atoms with Gasteiger partial charge in [0.15, 0.2) is 10.6 Å².